The van der Waals surface area contributed by atoms with Crippen molar-refractivity contribution in [2.75, 3.05) is 25.0 Å². The highest BCUT2D eigenvalue weighted by molar-refractivity contribution is 6.33. The van der Waals surface area contributed by atoms with E-state index in [1.807, 2.05) is 55.5 Å². The lowest BCUT2D eigenvalue weighted by Crippen LogP contribution is -2.60. The predicted molar refractivity (Wildman–Crippen MR) is 139 cm³/mol. The Morgan fingerprint density at radius 2 is 1.74 bits per heavy atom. The van der Waals surface area contributed by atoms with E-state index >= 15 is 0 Å². The van der Waals surface area contributed by atoms with Crippen molar-refractivity contribution in [3.63, 3.8) is 0 Å². The molecule has 0 radical (unpaired) electrons. The van der Waals surface area contributed by atoms with Crippen LogP contribution in [0.1, 0.15) is 18.7 Å². The van der Waals surface area contributed by atoms with Gasteiger partial charge in [-0.25, -0.2) is 4.98 Å². The molecular formula is C25H25Cl2N7O. The number of hydrogen-bond acceptors (Lipinski definition) is 6. The Kier molecular flexibility index (Phi) is 6.13. The maximum Gasteiger partial charge on any atom is 0.237 e. The number of nitrogens with zero attached hydrogens (tertiary/aromatic N) is 5. The van der Waals surface area contributed by atoms with E-state index in [9.17, 15) is 4.79 Å². The minimum Gasteiger partial charge on any atom is -0.368 e. The van der Waals surface area contributed by atoms with E-state index in [4.69, 9.17) is 44.0 Å². The maximum atomic E-state index is 12.1. The number of hydrogen-bond donors (Lipinski definition) is 2. The number of fused-ring (bicyclic) bond motifs is 1. The third kappa shape index (κ3) is 4.11. The van der Waals surface area contributed by atoms with Crippen molar-refractivity contribution in [1.29, 1.82) is 0 Å². The lowest BCUT2D eigenvalue weighted by atomic mass is 9.87. The molecule has 5 rings (SSSR count). The zero-order valence-corrected chi connectivity index (χ0v) is 20.9. The number of primary amides is 1. The molecule has 0 unspecified atom stereocenters. The molecule has 0 bridgehead atoms. The van der Waals surface area contributed by atoms with Crippen molar-refractivity contribution in [2.45, 2.75) is 25.3 Å². The molecule has 4 aromatic rings. The number of anilines is 1. The van der Waals surface area contributed by atoms with Crippen LogP contribution in [0.5, 0.6) is 0 Å². The zero-order valence-electron chi connectivity index (χ0n) is 19.4. The van der Waals surface area contributed by atoms with Crippen molar-refractivity contribution in [1.82, 2.24) is 24.9 Å². The minimum absolute atomic E-state index is 0.339. The van der Waals surface area contributed by atoms with Crippen LogP contribution in [-0.2, 0) is 4.79 Å². The summed E-state index contributed by atoms with van der Waals surface area (Å²) in [6.07, 6.45) is 1.12. The molecule has 2 aromatic heterocycles. The van der Waals surface area contributed by atoms with Gasteiger partial charge in [-0.2, -0.15) is 14.6 Å². The van der Waals surface area contributed by atoms with Crippen LogP contribution in [0.4, 0.5) is 5.95 Å². The van der Waals surface area contributed by atoms with Crippen LogP contribution < -0.4 is 16.0 Å². The molecule has 1 amide bonds. The first-order valence-electron chi connectivity index (χ1n) is 11.3. The van der Waals surface area contributed by atoms with E-state index in [1.54, 1.807) is 11.6 Å². The number of aryl methyl sites for hydroxylation is 1. The van der Waals surface area contributed by atoms with E-state index in [1.165, 1.54) is 0 Å². The molecule has 35 heavy (non-hydrogen) atoms. The van der Waals surface area contributed by atoms with E-state index < -0.39 is 5.54 Å². The molecule has 10 heteroatoms. The Balaban J connectivity index is 1.70. The Hall–Kier alpha value is -3.20. The van der Waals surface area contributed by atoms with E-state index in [0.717, 1.165) is 16.7 Å². The van der Waals surface area contributed by atoms with Crippen molar-refractivity contribution >= 4 is 40.7 Å². The lowest BCUT2D eigenvalue weighted by Gasteiger charge is -2.39. The highest BCUT2D eigenvalue weighted by Gasteiger charge is 2.39. The number of amides is 1. The Morgan fingerprint density at radius 1 is 1.06 bits per heavy atom. The van der Waals surface area contributed by atoms with Gasteiger partial charge in [0.25, 0.3) is 0 Å². The molecule has 3 N–H and O–H groups in total. The SMILES string of the molecule is CNC1(C(N)=O)CCN(c2nc(C)nc3c(-c4ccc(Cl)cc4)c(-c4ccccc4Cl)nn23)CC1. The van der Waals surface area contributed by atoms with Gasteiger partial charge in [0.05, 0.1) is 10.6 Å². The molecule has 1 aliphatic heterocycles. The Labute approximate surface area is 213 Å². The summed E-state index contributed by atoms with van der Waals surface area (Å²) in [6, 6.07) is 15.2. The van der Waals surface area contributed by atoms with Gasteiger partial charge in [-0.05, 0) is 50.6 Å². The Bertz CT molecular complexity index is 1410. The number of nitrogens with one attached hydrogen (secondary N) is 1. The fourth-order valence-corrected chi connectivity index (χ4v) is 5.01. The smallest absolute Gasteiger partial charge is 0.237 e. The molecule has 0 atom stereocenters. The number of rotatable bonds is 5. The summed E-state index contributed by atoms with van der Waals surface area (Å²) in [5.74, 6) is 0.942. The predicted octanol–water partition coefficient (Wildman–Crippen LogP) is 4.12. The fourth-order valence-electron chi connectivity index (χ4n) is 4.66. The van der Waals surface area contributed by atoms with Crippen LogP contribution in [0.15, 0.2) is 48.5 Å². The molecule has 0 saturated carbocycles. The summed E-state index contributed by atoms with van der Waals surface area (Å²) >= 11 is 12.8. The molecule has 1 saturated heterocycles. The lowest BCUT2D eigenvalue weighted by molar-refractivity contribution is -0.125. The molecule has 180 valence electrons. The van der Waals surface area contributed by atoms with Crippen molar-refractivity contribution < 1.29 is 4.79 Å². The number of carbonyl (C=O) groups excluding carboxylic acids is 1. The topological polar surface area (TPSA) is 101 Å². The Morgan fingerprint density at radius 3 is 2.37 bits per heavy atom. The number of nitrogens with two attached hydrogens (primary N) is 1. The number of aromatic nitrogens is 4. The van der Waals surface area contributed by atoms with E-state index in [-0.39, 0.29) is 5.91 Å². The minimum atomic E-state index is -0.723. The molecule has 3 heterocycles. The largest absolute Gasteiger partial charge is 0.368 e. The quantitative estimate of drug-likeness (QED) is 0.419. The zero-order chi connectivity index (χ0) is 24.7. The summed E-state index contributed by atoms with van der Waals surface area (Å²) in [4.78, 5) is 23.8. The molecule has 2 aromatic carbocycles. The number of piperidine rings is 1. The van der Waals surface area contributed by atoms with Crippen LogP contribution in [0.2, 0.25) is 10.0 Å². The third-order valence-electron chi connectivity index (χ3n) is 6.69. The number of carbonyl (C=O) groups is 1. The molecule has 0 aliphatic carbocycles. The number of halogens is 2. The van der Waals surface area contributed by atoms with Gasteiger partial charge < -0.3 is 16.0 Å². The summed E-state index contributed by atoms with van der Waals surface area (Å²) in [5.41, 5.74) is 8.93. The van der Waals surface area contributed by atoms with Crippen molar-refractivity contribution in [2.24, 2.45) is 5.73 Å². The van der Waals surface area contributed by atoms with Gasteiger partial charge in [0.15, 0.2) is 5.65 Å². The monoisotopic (exact) mass is 509 g/mol. The van der Waals surface area contributed by atoms with Crippen LogP contribution >= 0.6 is 23.2 Å². The summed E-state index contributed by atoms with van der Waals surface area (Å²) in [5, 5.41) is 9.34. The van der Waals surface area contributed by atoms with Gasteiger partial charge in [0, 0.05) is 23.7 Å². The van der Waals surface area contributed by atoms with Gasteiger partial charge in [-0.15, -0.1) is 0 Å². The number of likely N-dealkylation sites (N-methyl/N-ethyl adjacent to an activating group) is 1. The van der Waals surface area contributed by atoms with E-state index in [0.29, 0.717) is 59.1 Å². The molecule has 1 aliphatic rings. The van der Waals surface area contributed by atoms with Gasteiger partial charge in [0.2, 0.25) is 11.9 Å². The standard InChI is InChI=1S/C25H25Cl2N7O/c1-15-30-22-20(16-7-9-17(26)10-8-16)21(18-5-3-4-6-19(18)27)32-34(22)24(31-15)33-13-11-25(29-2,12-14-33)23(28)35/h3-10,29H,11-14H2,1-2H3,(H2,28,35). The van der Waals surface area contributed by atoms with Crippen LogP contribution in [0.3, 0.4) is 0 Å². The molecule has 0 spiro atoms. The number of benzene rings is 2. The summed E-state index contributed by atoms with van der Waals surface area (Å²) < 4.78 is 1.77. The maximum absolute atomic E-state index is 12.1. The van der Waals surface area contributed by atoms with Crippen LogP contribution in [0.25, 0.3) is 28.0 Å². The van der Waals surface area contributed by atoms with Crippen LogP contribution in [-0.4, -0.2) is 51.2 Å². The second-order valence-corrected chi connectivity index (χ2v) is 9.54. The second kappa shape index (κ2) is 9.11. The molecular weight excluding hydrogens is 485 g/mol. The van der Waals surface area contributed by atoms with Crippen molar-refractivity contribution in [3.8, 4) is 22.4 Å². The fraction of sp³-hybridized carbons (Fsp3) is 0.280. The van der Waals surface area contributed by atoms with Gasteiger partial charge in [0.1, 0.15) is 17.1 Å². The normalized spacial score (nSPS) is 15.5. The molecule has 1 fully saturated rings. The first-order valence-corrected chi connectivity index (χ1v) is 12.1. The third-order valence-corrected chi connectivity index (χ3v) is 7.27. The van der Waals surface area contributed by atoms with Gasteiger partial charge in [-0.3, -0.25) is 4.79 Å². The highest BCUT2D eigenvalue weighted by atomic mass is 35.5. The van der Waals surface area contributed by atoms with E-state index in [2.05, 4.69) is 10.2 Å². The van der Waals surface area contributed by atoms with Crippen LogP contribution in [0, 0.1) is 6.92 Å². The first-order chi connectivity index (χ1) is 16.8. The average molecular weight is 510 g/mol. The molecule has 8 nitrogen and oxygen atoms in total. The summed E-state index contributed by atoms with van der Waals surface area (Å²) in [7, 11) is 1.77. The second-order valence-electron chi connectivity index (χ2n) is 8.70. The highest BCUT2D eigenvalue weighted by Crippen LogP contribution is 2.39. The first kappa shape index (κ1) is 23.5. The van der Waals surface area contributed by atoms with Crippen molar-refractivity contribution in [3.05, 3.63) is 64.4 Å². The summed E-state index contributed by atoms with van der Waals surface area (Å²) in [6.45, 7) is 3.04. The van der Waals surface area contributed by atoms with Gasteiger partial charge >= 0.3 is 0 Å². The average Bonchev–Trinajstić information content (AvgIpc) is 3.23. The van der Waals surface area contributed by atoms with Gasteiger partial charge in [-0.1, -0.05) is 53.5 Å².